The van der Waals surface area contributed by atoms with Crippen molar-refractivity contribution in [2.45, 2.75) is 19.8 Å². The van der Waals surface area contributed by atoms with E-state index in [0.717, 1.165) is 16.5 Å². The Bertz CT molecular complexity index is 613. The van der Waals surface area contributed by atoms with Gasteiger partial charge in [0.2, 0.25) is 0 Å². The Balaban J connectivity index is 2.28. The minimum absolute atomic E-state index is 0.0578. The van der Waals surface area contributed by atoms with E-state index in [1.165, 1.54) is 6.07 Å². The number of carbonyl (C=O) groups excluding carboxylic acids is 1. The SMILES string of the molecule is CCc1cnccc1C(=O)Cc1cc(Br)ccc1F. The van der Waals surface area contributed by atoms with Crippen LogP contribution in [0.25, 0.3) is 0 Å². The number of nitrogens with zero attached hydrogens (tertiary/aromatic N) is 1. The summed E-state index contributed by atoms with van der Waals surface area (Å²) in [6, 6.07) is 6.31. The molecule has 0 saturated heterocycles. The molecule has 1 heterocycles. The average Bonchev–Trinajstić information content (AvgIpc) is 2.42. The summed E-state index contributed by atoms with van der Waals surface area (Å²) in [5.41, 5.74) is 1.91. The van der Waals surface area contributed by atoms with Crippen molar-refractivity contribution in [1.29, 1.82) is 0 Å². The van der Waals surface area contributed by atoms with Crippen LogP contribution in [0.4, 0.5) is 4.39 Å². The van der Waals surface area contributed by atoms with E-state index in [-0.39, 0.29) is 18.0 Å². The smallest absolute Gasteiger partial charge is 0.167 e. The van der Waals surface area contributed by atoms with Crippen LogP contribution in [0.5, 0.6) is 0 Å². The first-order valence-corrected chi connectivity index (χ1v) is 6.81. The maximum Gasteiger partial charge on any atom is 0.167 e. The zero-order valence-electron chi connectivity index (χ0n) is 10.5. The van der Waals surface area contributed by atoms with Crippen LogP contribution in [0.15, 0.2) is 41.1 Å². The highest BCUT2D eigenvalue weighted by molar-refractivity contribution is 9.10. The van der Waals surface area contributed by atoms with E-state index in [1.54, 1.807) is 30.6 Å². The third-order valence-electron chi connectivity index (χ3n) is 2.94. The molecule has 1 aromatic carbocycles. The highest BCUT2D eigenvalue weighted by Crippen LogP contribution is 2.18. The summed E-state index contributed by atoms with van der Waals surface area (Å²) in [5, 5.41) is 0. The van der Waals surface area contributed by atoms with Gasteiger partial charge in [-0.25, -0.2) is 4.39 Å². The molecule has 2 nitrogen and oxygen atoms in total. The molecule has 0 saturated carbocycles. The number of aryl methyl sites for hydroxylation is 1. The number of pyridine rings is 1. The number of hydrogen-bond donors (Lipinski definition) is 0. The lowest BCUT2D eigenvalue weighted by molar-refractivity contribution is 0.0991. The van der Waals surface area contributed by atoms with Crippen molar-refractivity contribution in [2.75, 3.05) is 0 Å². The standard InChI is InChI=1S/C15H13BrFNO/c1-2-10-9-18-6-5-13(10)15(19)8-11-7-12(16)3-4-14(11)17/h3-7,9H,2,8H2,1H3. The Hall–Kier alpha value is -1.55. The summed E-state index contributed by atoms with van der Waals surface area (Å²) < 4.78 is 14.4. The van der Waals surface area contributed by atoms with Gasteiger partial charge in [-0.2, -0.15) is 0 Å². The molecular weight excluding hydrogens is 309 g/mol. The summed E-state index contributed by atoms with van der Waals surface area (Å²) >= 11 is 3.28. The first-order valence-electron chi connectivity index (χ1n) is 6.01. The fraction of sp³-hybridized carbons (Fsp3) is 0.200. The maximum absolute atomic E-state index is 13.6. The summed E-state index contributed by atoms with van der Waals surface area (Å²) in [7, 11) is 0. The topological polar surface area (TPSA) is 30.0 Å². The molecular formula is C15H13BrFNO. The minimum atomic E-state index is -0.358. The molecule has 0 unspecified atom stereocenters. The molecule has 0 aliphatic rings. The highest BCUT2D eigenvalue weighted by atomic mass is 79.9. The second kappa shape index (κ2) is 6.06. The Morgan fingerprint density at radius 2 is 2.11 bits per heavy atom. The van der Waals surface area contributed by atoms with Gasteiger partial charge in [0.15, 0.2) is 5.78 Å². The minimum Gasteiger partial charge on any atom is -0.294 e. The van der Waals surface area contributed by atoms with Crippen LogP contribution in [0.2, 0.25) is 0 Å². The zero-order chi connectivity index (χ0) is 13.8. The Morgan fingerprint density at radius 1 is 1.32 bits per heavy atom. The molecule has 1 aromatic heterocycles. The second-order valence-electron chi connectivity index (χ2n) is 4.22. The fourth-order valence-electron chi connectivity index (χ4n) is 1.93. The molecule has 2 aromatic rings. The molecule has 0 N–H and O–H groups in total. The number of rotatable bonds is 4. The molecule has 2 rings (SSSR count). The molecule has 4 heteroatoms. The van der Waals surface area contributed by atoms with Crippen LogP contribution in [-0.4, -0.2) is 10.8 Å². The van der Waals surface area contributed by atoms with Crippen molar-refractivity contribution in [2.24, 2.45) is 0 Å². The van der Waals surface area contributed by atoms with Gasteiger partial charge < -0.3 is 0 Å². The lowest BCUT2D eigenvalue weighted by Crippen LogP contribution is -2.08. The average molecular weight is 322 g/mol. The zero-order valence-corrected chi connectivity index (χ0v) is 12.1. The summed E-state index contributed by atoms with van der Waals surface area (Å²) in [5.74, 6) is -0.445. The lowest BCUT2D eigenvalue weighted by Gasteiger charge is -2.07. The number of halogens is 2. The van der Waals surface area contributed by atoms with E-state index in [4.69, 9.17) is 0 Å². The van der Waals surface area contributed by atoms with Crippen molar-refractivity contribution < 1.29 is 9.18 Å². The first kappa shape index (κ1) is 13.9. The number of Topliss-reactive ketones (excluding diaryl/α,β-unsaturated/α-hetero) is 1. The van der Waals surface area contributed by atoms with Gasteiger partial charge in [-0.1, -0.05) is 22.9 Å². The van der Waals surface area contributed by atoms with Crippen LogP contribution in [-0.2, 0) is 12.8 Å². The van der Waals surface area contributed by atoms with Crippen molar-refractivity contribution in [3.63, 3.8) is 0 Å². The van der Waals surface area contributed by atoms with E-state index in [0.29, 0.717) is 11.1 Å². The van der Waals surface area contributed by atoms with Gasteiger partial charge >= 0.3 is 0 Å². The van der Waals surface area contributed by atoms with E-state index in [9.17, 15) is 9.18 Å². The molecule has 0 amide bonds. The number of carbonyl (C=O) groups is 1. The van der Waals surface area contributed by atoms with Crippen LogP contribution in [0.3, 0.4) is 0 Å². The van der Waals surface area contributed by atoms with E-state index in [1.807, 2.05) is 6.92 Å². The predicted molar refractivity (Wildman–Crippen MR) is 75.7 cm³/mol. The second-order valence-corrected chi connectivity index (χ2v) is 5.14. The molecule has 98 valence electrons. The fourth-order valence-corrected chi connectivity index (χ4v) is 2.34. The van der Waals surface area contributed by atoms with Gasteiger partial charge in [-0.3, -0.25) is 9.78 Å². The van der Waals surface area contributed by atoms with Crippen molar-refractivity contribution in [3.05, 3.63) is 63.6 Å². The Kier molecular flexibility index (Phi) is 4.43. The number of ketones is 1. The molecule has 0 fully saturated rings. The monoisotopic (exact) mass is 321 g/mol. The maximum atomic E-state index is 13.6. The summed E-state index contributed by atoms with van der Waals surface area (Å²) in [6.07, 6.45) is 4.06. The normalized spacial score (nSPS) is 10.5. The van der Waals surface area contributed by atoms with E-state index >= 15 is 0 Å². The Labute approximate surface area is 119 Å². The highest BCUT2D eigenvalue weighted by Gasteiger charge is 2.13. The van der Waals surface area contributed by atoms with Gasteiger partial charge in [-0.15, -0.1) is 0 Å². The van der Waals surface area contributed by atoms with Gasteiger partial charge in [0.1, 0.15) is 5.82 Å². The van der Waals surface area contributed by atoms with Crippen LogP contribution < -0.4 is 0 Å². The third kappa shape index (κ3) is 3.26. The van der Waals surface area contributed by atoms with Gasteiger partial charge in [0.05, 0.1) is 0 Å². The third-order valence-corrected chi connectivity index (χ3v) is 3.44. The number of benzene rings is 1. The van der Waals surface area contributed by atoms with Crippen molar-refractivity contribution in [1.82, 2.24) is 4.98 Å². The molecule has 0 radical (unpaired) electrons. The van der Waals surface area contributed by atoms with Gasteiger partial charge in [0, 0.05) is 28.9 Å². The van der Waals surface area contributed by atoms with Crippen LogP contribution in [0, 0.1) is 5.82 Å². The summed E-state index contributed by atoms with van der Waals surface area (Å²) in [6.45, 7) is 1.97. The lowest BCUT2D eigenvalue weighted by atomic mass is 9.99. The van der Waals surface area contributed by atoms with Crippen molar-refractivity contribution in [3.8, 4) is 0 Å². The summed E-state index contributed by atoms with van der Waals surface area (Å²) in [4.78, 5) is 16.3. The van der Waals surface area contributed by atoms with E-state index < -0.39 is 0 Å². The van der Waals surface area contributed by atoms with Crippen molar-refractivity contribution >= 4 is 21.7 Å². The number of hydrogen-bond acceptors (Lipinski definition) is 2. The van der Waals surface area contributed by atoms with Crippen LogP contribution in [0.1, 0.15) is 28.4 Å². The van der Waals surface area contributed by atoms with Gasteiger partial charge in [0.25, 0.3) is 0 Å². The Morgan fingerprint density at radius 3 is 2.84 bits per heavy atom. The largest absolute Gasteiger partial charge is 0.294 e. The van der Waals surface area contributed by atoms with Crippen LogP contribution >= 0.6 is 15.9 Å². The molecule has 0 aliphatic carbocycles. The molecule has 0 atom stereocenters. The molecule has 19 heavy (non-hydrogen) atoms. The first-order chi connectivity index (χ1) is 9.11. The van der Waals surface area contributed by atoms with E-state index in [2.05, 4.69) is 20.9 Å². The number of aromatic nitrogens is 1. The predicted octanol–water partition coefficient (Wildman–Crippen LogP) is 3.97. The quantitative estimate of drug-likeness (QED) is 0.797. The molecule has 0 bridgehead atoms. The molecule has 0 aliphatic heterocycles. The van der Waals surface area contributed by atoms with Gasteiger partial charge in [-0.05, 0) is 41.8 Å². The molecule has 0 spiro atoms.